The van der Waals surface area contributed by atoms with Crippen molar-refractivity contribution in [1.82, 2.24) is 4.57 Å². The van der Waals surface area contributed by atoms with Gasteiger partial charge >= 0.3 is 0 Å². The summed E-state index contributed by atoms with van der Waals surface area (Å²) in [5, 5.41) is 20.1. The topological polar surface area (TPSA) is 85.4 Å². The lowest BCUT2D eigenvalue weighted by molar-refractivity contribution is -0.118. The van der Waals surface area contributed by atoms with Gasteiger partial charge < -0.3 is 19.1 Å². The van der Waals surface area contributed by atoms with Gasteiger partial charge in [-0.2, -0.15) is 0 Å². The zero-order valence-electron chi connectivity index (χ0n) is 17.4. The van der Waals surface area contributed by atoms with Crippen LogP contribution < -0.4 is 9.47 Å². The summed E-state index contributed by atoms with van der Waals surface area (Å²) < 4.78 is 12.6. The summed E-state index contributed by atoms with van der Waals surface area (Å²) in [6, 6.07) is 10.3. The molecule has 31 heavy (non-hydrogen) atoms. The average Bonchev–Trinajstić information content (AvgIpc) is 3.01. The second-order valence-corrected chi connectivity index (χ2v) is 7.98. The van der Waals surface area contributed by atoms with Crippen LogP contribution in [0.2, 0.25) is 10.0 Å². The summed E-state index contributed by atoms with van der Waals surface area (Å²) in [5.41, 5.74) is 1.02. The van der Waals surface area contributed by atoms with E-state index in [4.69, 9.17) is 32.7 Å². The molecule has 3 rings (SSSR count). The first-order valence-corrected chi connectivity index (χ1v) is 10.5. The molecule has 0 atom stereocenters. The molecule has 1 aromatic heterocycles. The van der Waals surface area contributed by atoms with E-state index in [2.05, 4.69) is 10.2 Å². The maximum Gasteiger partial charge on any atom is 0.264 e. The van der Waals surface area contributed by atoms with Crippen molar-refractivity contribution >= 4 is 45.7 Å². The number of amides is 1. The van der Waals surface area contributed by atoms with E-state index < -0.39 is 5.91 Å². The molecule has 0 saturated heterocycles. The Morgan fingerprint density at radius 1 is 1.19 bits per heavy atom. The van der Waals surface area contributed by atoms with Crippen LogP contribution in [-0.2, 0) is 4.79 Å². The van der Waals surface area contributed by atoms with Gasteiger partial charge in [0.15, 0.2) is 5.69 Å². The number of aromatic nitrogens is 1. The molecule has 0 aliphatic rings. The van der Waals surface area contributed by atoms with Crippen molar-refractivity contribution in [2.75, 3.05) is 13.7 Å². The van der Waals surface area contributed by atoms with Crippen molar-refractivity contribution in [3.63, 3.8) is 0 Å². The van der Waals surface area contributed by atoms with Crippen LogP contribution in [0.3, 0.4) is 0 Å². The highest BCUT2D eigenvalue weighted by molar-refractivity contribution is 6.35. The van der Waals surface area contributed by atoms with Crippen LogP contribution in [0.15, 0.2) is 46.6 Å². The molecule has 164 valence electrons. The van der Waals surface area contributed by atoms with E-state index in [0.717, 1.165) is 5.52 Å². The molecule has 0 spiro atoms. The van der Waals surface area contributed by atoms with Crippen molar-refractivity contribution in [3.8, 4) is 17.4 Å². The number of nitrogens with zero attached hydrogens (tertiary/aromatic N) is 3. The fourth-order valence-corrected chi connectivity index (χ4v) is 3.63. The number of aromatic hydroxyl groups is 1. The van der Waals surface area contributed by atoms with Gasteiger partial charge in [-0.1, -0.05) is 23.2 Å². The Morgan fingerprint density at radius 3 is 2.65 bits per heavy atom. The number of carbonyl (C=O) groups excluding carboxylic acids is 1. The number of fused-ring (bicyclic) bond motifs is 1. The van der Waals surface area contributed by atoms with E-state index in [1.54, 1.807) is 42.0 Å². The monoisotopic (exact) mass is 463 g/mol. The molecule has 0 unspecified atom stereocenters. The third-order valence-electron chi connectivity index (χ3n) is 4.62. The highest BCUT2D eigenvalue weighted by Gasteiger charge is 2.19. The third-order valence-corrected chi connectivity index (χ3v) is 5.15. The molecular formula is C22H23Cl2N3O4. The first-order chi connectivity index (χ1) is 14.8. The number of hydrogen-bond donors (Lipinski definition) is 1. The van der Waals surface area contributed by atoms with Crippen molar-refractivity contribution in [3.05, 3.63) is 46.4 Å². The van der Waals surface area contributed by atoms with Crippen LogP contribution in [0.5, 0.6) is 17.4 Å². The van der Waals surface area contributed by atoms with Gasteiger partial charge in [-0.15, -0.1) is 10.2 Å². The predicted octanol–water partition coefficient (Wildman–Crippen LogP) is 6.71. The minimum Gasteiger partial charge on any atom is -0.497 e. The molecule has 0 aliphatic heterocycles. The molecule has 1 N–H and O–H groups in total. The number of hydrogen-bond acceptors (Lipinski definition) is 5. The second kappa shape index (κ2) is 10.0. The summed E-state index contributed by atoms with van der Waals surface area (Å²) in [4.78, 5) is 12.2. The van der Waals surface area contributed by atoms with Gasteiger partial charge in [0.2, 0.25) is 5.88 Å². The Labute approximate surface area is 190 Å². The van der Waals surface area contributed by atoms with Gasteiger partial charge in [0.05, 0.1) is 24.3 Å². The lowest BCUT2D eigenvalue weighted by Crippen LogP contribution is -2.01. The Morgan fingerprint density at radius 2 is 1.97 bits per heavy atom. The Kier molecular flexibility index (Phi) is 7.41. The molecule has 0 bridgehead atoms. The smallest absolute Gasteiger partial charge is 0.264 e. The Bertz CT molecular complexity index is 1130. The number of azo groups is 1. The summed E-state index contributed by atoms with van der Waals surface area (Å²) in [7, 11) is 1.56. The number of methoxy groups -OCH3 is 1. The fourth-order valence-electron chi connectivity index (χ4n) is 3.17. The SMILES string of the molecule is COc1ccc2c(c1)c(N=NC(=O)CCCOc1ccc(Cl)cc1Cl)c(O)n2C(C)C. The normalized spacial score (nSPS) is 11.5. The van der Waals surface area contributed by atoms with E-state index in [0.29, 0.717) is 33.4 Å². The highest BCUT2D eigenvalue weighted by Crippen LogP contribution is 2.42. The average molecular weight is 464 g/mol. The zero-order valence-corrected chi connectivity index (χ0v) is 18.9. The number of halogens is 2. The highest BCUT2D eigenvalue weighted by atomic mass is 35.5. The van der Waals surface area contributed by atoms with E-state index in [9.17, 15) is 9.90 Å². The Balaban J connectivity index is 1.68. The maximum atomic E-state index is 12.2. The molecule has 3 aromatic rings. The minimum atomic E-state index is -0.418. The van der Waals surface area contributed by atoms with Gasteiger partial charge in [-0.3, -0.25) is 4.79 Å². The van der Waals surface area contributed by atoms with Crippen LogP contribution in [0.1, 0.15) is 32.7 Å². The molecule has 0 aliphatic carbocycles. The largest absolute Gasteiger partial charge is 0.497 e. The summed E-state index contributed by atoms with van der Waals surface area (Å²) >= 11 is 11.9. The second-order valence-electron chi connectivity index (χ2n) is 7.14. The van der Waals surface area contributed by atoms with Gasteiger partial charge in [-0.25, -0.2) is 0 Å². The van der Waals surface area contributed by atoms with Crippen molar-refractivity contribution < 1.29 is 19.4 Å². The summed E-state index contributed by atoms with van der Waals surface area (Å²) in [5.74, 6) is 0.656. The number of carbonyl (C=O) groups is 1. The minimum absolute atomic E-state index is 0.00705. The summed E-state index contributed by atoms with van der Waals surface area (Å²) in [6.07, 6.45) is 0.575. The van der Waals surface area contributed by atoms with E-state index in [1.165, 1.54) is 0 Å². The predicted molar refractivity (Wildman–Crippen MR) is 121 cm³/mol. The molecule has 7 nitrogen and oxygen atoms in total. The van der Waals surface area contributed by atoms with Crippen LogP contribution in [-0.4, -0.2) is 29.3 Å². The lowest BCUT2D eigenvalue weighted by atomic mass is 10.2. The quantitative estimate of drug-likeness (QED) is 0.297. The van der Waals surface area contributed by atoms with Gasteiger partial charge in [0.25, 0.3) is 5.91 Å². The van der Waals surface area contributed by atoms with Crippen molar-refractivity contribution in [2.24, 2.45) is 10.2 Å². The molecule has 1 heterocycles. The van der Waals surface area contributed by atoms with Crippen LogP contribution in [0, 0.1) is 0 Å². The van der Waals surface area contributed by atoms with Crippen LogP contribution in [0.25, 0.3) is 10.9 Å². The molecule has 0 radical (unpaired) electrons. The molecule has 0 fully saturated rings. The molecular weight excluding hydrogens is 441 g/mol. The summed E-state index contributed by atoms with van der Waals surface area (Å²) in [6.45, 7) is 4.18. The molecule has 2 aromatic carbocycles. The number of rotatable bonds is 8. The van der Waals surface area contributed by atoms with E-state index in [-0.39, 0.29) is 30.6 Å². The standard InChI is InChI=1S/C22H23Cl2N3O4/c1-13(2)27-18-8-7-15(30-3)12-16(18)21(22(27)29)26-25-20(28)5-4-10-31-19-9-6-14(23)11-17(19)24/h6-9,11-13,29H,4-5,10H2,1-3H3. The van der Waals surface area contributed by atoms with Crippen LogP contribution in [0.4, 0.5) is 5.69 Å². The fraction of sp³-hybridized carbons (Fsp3) is 0.318. The third kappa shape index (κ3) is 5.29. The zero-order chi connectivity index (χ0) is 22.5. The first-order valence-electron chi connectivity index (χ1n) is 9.75. The van der Waals surface area contributed by atoms with Gasteiger partial charge in [0, 0.05) is 22.9 Å². The Hall–Kier alpha value is -2.77. The number of ether oxygens (including phenoxy) is 2. The van der Waals surface area contributed by atoms with Crippen molar-refractivity contribution in [2.45, 2.75) is 32.7 Å². The van der Waals surface area contributed by atoms with Gasteiger partial charge in [-0.05, 0) is 56.7 Å². The lowest BCUT2D eigenvalue weighted by Gasteiger charge is -2.10. The maximum absolute atomic E-state index is 12.2. The van der Waals surface area contributed by atoms with E-state index >= 15 is 0 Å². The molecule has 9 heteroatoms. The molecule has 0 saturated carbocycles. The van der Waals surface area contributed by atoms with E-state index in [1.807, 2.05) is 19.9 Å². The van der Waals surface area contributed by atoms with Crippen LogP contribution >= 0.6 is 23.2 Å². The van der Waals surface area contributed by atoms with Gasteiger partial charge in [0.1, 0.15) is 11.5 Å². The first kappa shape index (κ1) is 22.9. The molecule has 1 amide bonds. The van der Waals surface area contributed by atoms with Crippen molar-refractivity contribution in [1.29, 1.82) is 0 Å². The number of benzene rings is 2.